The highest BCUT2D eigenvalue weighted by Gasteiger charge is 2.16. The summed E-state index contributed by atoms with van der Waals surface area (Å²) in [5.74, 6) is 0.817. The Kier molecular flexibility index (Phi) is 4.41. The summed E-state index contributed by atoms with van der Waals surface area (Å²) in [6.07, 6.45) is 0. The van der Waals surface area contributed by atoms with Gasteiger partial charge in [-0.2, -0.15) is 0 Å². The highest BCUT2D eigenvalue weighted by atomic mass is 127. The van der Waals surface area contributed by atoms with E-state index in [1.807, 2.05) is 41.6 Å². The fourth-order valence-corrected chi connectivity index (χ4v) is 2.25. The summed E-state index contributed by atoms with van der Waals surface area (Å²) in [5, 5.41) is 11.0. The molecule has 0 radical (unpaired) electrons. The molecule has 0 aliphatic heterocycles. The lowest BCUT2D eigenvalue weighted by Crippen LogP contribution is -1.94. The smallest absolute Gasteiger partial charge is 0.312 e. The second kappa shape index (κ2) is 5.87. The second-order valence-electron chi connectivity index (χ2n) is 3.88. The topological polar surface area (TPSA) is 52.4 Å². The standard InChI is InChI=1S/C13H9BrINO3/c1-8-6-10(3-4-11(8)14)19-13-5-2-9(15)7-12(13)16(17)18/h2-7H,1H3. The van der Waals surface area contributed by atoms with Crippen molar-refractivity contribution in [3.05, 3.63) is 60.1 Å². The van der Waals surface area contributed by atoms with Crippen LogP contribution in [-0.4, -0.2) is 4.92 Å². The van der Waals surface area contributed by atoms with Crippen LogP contribution in [0.15, 0.2) is 40.9 Å². The van der Waals surface area contributed by atoms with Gasteiger partial charge in [-0.05, 0) is 65.4 Å². The lowest BCUT2D eigenvalue weighted by molar-refractivity contribution is -0.385. The predicted molar refractivity (Wildman–Crippen MR) is 84.8 cm³/mol. The molecule has 0 saturated carbocycles. The number of hydrogen-bond acceptors (Lipinski definition) is 3. The summed E-state index contributed by atoms with van der Waals surface area (Å²) in [6, 6.07) is 10.3. The van der Waals surface area contributed by atoms with Gasteiger partial charge in [0.1, 0.15) is 5.75 Å². The zero-order chi connectivity index (χ0) is 14.0. The van der Waals surface area contributed by atoms with Gasteiger partial charge in [-0.1, -0.05) is 15.9 Å². The molecule has 0 N–H and O–H groups in total. The van der Waals surface area contributed by atoms with Crippen molar-refractivity contribution < 1.29 is 9.66 Å². The van der Waals surface area contributed by atoms with E-state index in [9.17, 15) is 10.1 Å². The zero-order valence-electron chi connectivity index (χ0n) is 9.89. The highest BCUT2D eigenvalue weighted by molar-refractivity contribution is 14.1. The van der Waals surface area contributed by atoms with Crippen molar-refractivity contribution in [2.75, 3.05) is 0 Å². The molecular formula is C13H9BrINO3. The molecule has 0 amide bonds. The largest absolute Gasteiger partial charge is 0.450 e. The third-order valence-corrected chi connectivity index (χ3v) is 4.04. The number of halogens is 2. The molecule has 2 aromatic carbocycles. The Morgan fingerprint density at radius 3 is 2.63 bits per heavy atom. The van der Waals surface area contributed by atoms with Gasteiger partial charge in [-0.15, -0.1) is 0 Å². The van der Waals surface area contributed by atoms with E-state index >= 15 is 0 Å². The summed E-state index contributed by atoms with van der Waals surface area (Å²) in [5.41, 5.74) is 0.970. The molecule has 0 spiro atoms. The van der Waals surface area contributed by atoms with Crippen LogP contribution in [-0.2, 0) is 0 Å². The van der Waals surface area contributed by atoms with Crippen molar-refractivity contribution in [2.24, 2.45) is 0 Å². The van der Waals surface area contributed by atoms with Crippen LogP contribution in [0.5, 0.6) is 11.5 Å². The molecule has 2 aromatic rings. The van der Waals surface area contributed by atoms with Crippen LogP contribution in [0.25, 0.3) is 0 Å². The van der Waals surface area contributed by atoms with Gasteiger partial charge in [0.05, 0.1) is 4.92 Å². The van der Waals surface area contributed by atoms with E-state index in [1.54, 1.807) is 18.2 Å². The molecule has 2 rings (SSSR count). The summed E-state index contributed by atoms with van der Waals surface area (Å²) in [4.78, 5) is 10.6. The summed E-state index contributed by atoms with van der Waals surface area (Å²) >= 11 is 5.43. The van der Waals surface area contributed by atoms with Gasteiger partial charge in [0.25, 0.3) is 0 Å². The number of hydrogen-bond donors (Lipinski definition) is 0. The zero-order valence-corrected chi connectivity index (χ0v) is 13.6. The molecule has 0 heterocycles. The van der Waals surface area contributed by atoms with Crippen molar-refractivity contribution in [3.8, 4) is 11.5 Å². The van der Waals surface area contributed by atoms with E-state index in [0.717, 1.165) is 13.6 Å². The van der Waals surface area contributed by atoms with Crippen LogP contribution in [0.4, 0.5) is 5.69 Å². The summed E-state index contributed by atoms with van der Waals surface area (Å²) in [6.45, 7) is 1.93. The molecule has 4 nitrogen and oxygen atoms in total. The molecule has 6 heteroatoms. The van der Waals surface area contributed by atoms with Crippen molar-refractivity contribution in [2.45, 2.75) is 6.92 Å². The summed E-state index contributed by atoms with van der Waals surface area (Å²) in [7, 11) is 0. The van der Waals surface area contributed by atoms with Crippen LogP contribution < -0.4 is 4.74 Å². The Balaban J connectivity index is 2.37. The normalized spacial score (nSPS) is 10.3. The van der Waals surface area contributed by atoms with Gasteiger partial charge >= 0.3 is 5.69 Å². The van der Waals surface area contributed by atoms with Crippen molar-refractivity contribution in [1.29, 1.82) is 0 Å². The number of nitrogens with zero attached hydrogens (tertiary/aromatic N) is 1. The van der Waals surface area contributed by atoms with E-state index < -0.39 is 4.92 Å². The van der Waals surface area contributed by atoms with E-state index in [0.29, 0.717) is 5.75 Å². The first-order valence-corrected chi connectivity index (χ1v) is 7.22. The number of ether oxygens (including phenoxy) is 1. The minimum atomic E-state index is -0.441. The fourth-order valence-electron chi connectivity index (χ4n) is 1.53. The van der Waals surface area contributed by atoms with Crippen LogP contribution in [0.3, 0.4) is 0 Å². The van der Waals surface area contributed by atoms with Gasteiger partial charge < -0.3 is 4.74 Å². The molecule has 0 aromatic heterocycles. The Labute approximate surface area is 132 Å². The lowest BCUT2D eigenvalue weighted by atomic mass is 10.2. The fraction of sp³-hybridized carbons (Fsp3) is 0.0769. The van der Waals surface area contributed by atoms with Crippen LogP contribution in [0, 0.1) is 20.6 Å². The second-order valence-corrected chi connectivity index (χ2v) is 5.98. The average molecular weight is 434 g/mol. The molecule has 0 aliphatic rings. The third-order valence-electron chi connectivity index (χ3n) is 2.47. The lowest BCUT2D eigenvalue weighted by Gasteiger charge is -2.08. The molecule has 0 unspecified atom stereocenters. The Hall–Kier alpha value is -1.15. The van der Waals surface area contributed by atoms with Crippen LogP contribution in [0.1, 0.15) is 5.56 Å². The molecule has 0 fully saturated rings. The van der Waals surface area contributed by atoms with Gasteiger partial charge in [-0.3, -0.25) is 10.1 Å². The predicted octanol–water partition coefficient (Wildman–Crippen LogP) is 5.06. The molecule has 0 saturated heterocycles. The number of benzene rings is 2. The number of rotatable bonds is 3. The minimum absolute atomic E-state index is 0.0347. The summed E-state index contributed by atoms with van der Waals surface area (Å²) < 4.78 is 7.36. The maximum Gasteiger partial charge on any atom is 0.312 e. The van der Waals surface area contributed by atoms with Crippen molar-refractivity contribution in [3.63, 3.8) is 0 Å². The van der Waals surface area contributed by atoms with Crippen molar-refractivity contribution in [1.82, 2.24) is 0 Å². The van der Waals surface area contributed by atoms with Gasteiger partial charge in [-0.25, -0.2) is 0 Å². The number of nitro benzene ring substituents is 1. The van der Waals surface area contributed by atoms with E-state index in [-0.39, 0.29) is 11.4 Å². The number of aryl methyl sites for hydroxylation is 1. The van der Waals surface area contributed by atoms with Crippen molar-refractivity contribution >= 4 is 44.2 Å². The Morgan fingerprint density at radius 2 is 2.00 bits per heavy atom. The SMILES string of the molecule is Cc1cc(Oc2ccc(I)cc2[N+](=O)[O-])ccc1Br. The molecular weight excluding hydrogens is 425 g/mol. The van der Waals surface area contributed by atoms with E-state index in [1.165, 1.54) is 6.07 Å². The number of nitro groups is 1. The first-order valence-electron chi connectivity index (χ1n) is 5.35. The molecule has 0 atom stereocenters. The molecule has 0 aliphatic carbocycles. The molecule has 19 heavy (non-hydrogen) atoms. The first-order chi connectivity index (χ1) is 8.97. The Bertz CT molecular complexity index is 646. The maximum atomic E-state index is 11.0. The van der Waals surface area contributed by atoms with E-state index in [2.05, 4.69) is 15.9 Å². The third kappa shape index (κ3) is 3.44. The van der Waals surface area contributed by atoms with Gasteiger partial charge in [0.15, 0.2) is 0 Å². The highest BCUT2D eigenvalue weighted by Crippen LogP contribution is 2.33. The van der Waals surface area contributed by atoms with Gasteiger partial charge in [0.2, 0.25) is 5.75 Å². The Morgan fingerprint density at radius 1 is 1.26 bits per heavy atom. The van der Waals surface area contributed by atoms with Crippen LogP contribution in [0.2, 0.25) is 0 Å². The van der Waals surface area contributed by atoms with E-state index in [4.69, 9.17) is 4.74 Å². The average Bonchev–Trinajstić information content (AvgIpc) is 2.36. The molecule has 98 valence electrons. The maximum absolute atomic E-state index is 11.0. The first kappa shape index (κ1) is 14.3. The van der Waals surface area contributed by atoms with Crippen LogP contribution >= 0.6 is 38.5 Å². The molecule has 0 bridgehead atoms. The minimum Gasteiger partial charge on any atom is -0.450 e. The van der Waals surface area contributed by atoms with Gasteiger partial charge in [0, 0.05) is 14.1 Å². The monoisotopic (exact) mass is 433 g/mol. The quantitative estimate of drug-likeness (QED) is 0.386.